The summed E-state index contributed by atoms with van der Waals surface area (Å²) in [6.45, 7) is 5.29. The van der Waals surface area contributed by atoms with E-state index in [0.717, 1.165) is 0 Å². The molecule has 0 saturated carbocycles. The molecule has 2 aromatic rings. The van der Waals surface area contributed by atoms with Gasteiger partial charge in [-0.2, -0.15) is 0 Å². The standard InChI is InChI=1S/C19H23ClN2O5S/c1-19(2,3)22-28(25,26)17-10-13(6-7-14(17)20)18(24)21-11-12-5-8-15(23)16(9-12)27-4/h5-10,22-23H,11H2,1-4H3,(H,21,24). The van der Waals surface area contributed by atoms with E-state index >= 15 is 0 Å². The number of benzene rings is 2. The lowest BCUT2D eigenvalue weighted by Crippen LogP contribution is -2.40. The van der Waals surface area contributed by atoms with Crippen LogP contribution in [-0.2, 0) is 16.6 Å². The number of sulfonamides is 1. The first-order valence-corrected chi connectivity index (χ1v) is 10.3. The van der Waals surface area contributed by atoms with Gasteiger partial charge in [0.05, 0.1) is 12.1 Å². The number of halogens is 1. The summed E-state index contributed by atoms with van der Waals surface area (Å²) in [6.07, 6.45) is 0. The largest absolute Gasteiger partial charge is 0.504 e. The third-order valence-electron chi connectivity index (χ3n) is 3.62. The van der Waals surface area contributed by atoms with E-state index in [1.165, 1.54) is 31.4 Å². The number of carbonyl (C=O) groups is 1. The molecular weight excluding hydrogens is 404 g/mol. The van der Waals surface area contributed by atoms with Crippen LogP contribution in [0.25, 0.3) is 0 Å². The van der Waals surface area contributed by atoms with Crippen LogP contribution in [0.1, 0.15) is 36.7 Å². The summed E-state index contributed by atoms with van der Waals surface area (Å²) in [7, 11) is -2.46. The Kier molecular flexibility index (Phi) is 6.59. The summed E-state index contributed by atoms with van der Waals surface area (Å²) >= 11 is 6.05. The van der Waals surface area contributed by atoms with Crippen molar-refractivity contribution in [3.63, 3.8) is 0 Å². The summed E-state index contributed by atoms with van der Waals surface area (Å²) in [5.74, 6) is -0.174. The molecule has 2 aromatic carbocycles. The number of phenols is 1. The molecular formula is C19H23ClN2O5S. The van der Waals surface area contributed by atoms with Gasteiger partial charge in [-0.05, 0) is 56.7 Å². The van der Waals surface area contributed by atoms with Gasteiger partial charge in [0, 0.05) is 17.6 Å². The zero-order chi connectivity index (χ0) is 21.1. The van der Waals surface area contributed by atoms with Crippen molar-refractivity contribution in [2.45, 2.75) is 37.8 Å². The Bertz CT molecular complexity index is 984. The first-order valence-electron chi connectivity index (χ1n) is 8.40. The van der Waals surface area contributed by atoms with Gasteiger partial charge in [0.15, 0.2) is 11.5 Å². The smallest absolute Gasteiger partial charge is 0.251 e. The molecule has 0 aliphatic carbocycles. The number of methoxy groups -OCH3 is 1. The number of phenolic OH excluding ortho intramolecular Hbond substituents is 1. The highest BCUT2D eigenvalue weighted by molar-refractivity contribution is 7.89. The SMILES string of the molecule is COc1cc(CNC(=O)c2ccc(Cl)c(S(=O)(=O)NC(C)(C)C)c2)ccc1O. The summed E-state index contributed by atoms with van der Waals surface area (Å²) in [5, 5.41) is 12.3. The highest BCUT2D eigenvalue weighted by Gasteiger charge is 2.25. The minimum atomic E-state index is -3.89. The Morgan fingerprint density at radius 2 is 1.86 bits per heavy atom. The van der Waals surface area contributed by atoms with Gasteiger partial charge in [-0.3, -0.25) is 4.79 Å². The lowest BCUT2D eigenvalue weighted by molar-refractivity contribution is 0.0950. The lowest BCUT2D eigenvalue weighted by Gasteiger charge is -2.21. The highest BCUT2D eigenvalue weighted by atomic mass is 35.5. The first-order chi connectivity index (χ1) is 12.9. The van der Waals surface area contributed by atoms with E-state index in [2.05, 4.69) is 10.0 Å². The molecule has 28 heavy (non-hydrogen) atoms. The topological polar surface area (TPSA) is 105 Å². The fraction of sp³-hybridized carbons (Fsp3) is 0.316. The average molecular weight is 427 g/mol. The molecule has 152 valence electrons. The molecule has 0 bridgehead atoms. The lowest BCUT2D eigenvalue weighted by atomic mass is 10.1. The van der Waals surface area contributed by atoms with Crippen LogP contribution in [-0.4, -0.2) is 32.1 Å². The van der Waals surface area contributed by atoms with E-state index in [0.29, 0.717) is 11.3 Å². The van der Waals surface area contributed by atoms with Crippen LogP contribution in [0.2, 0.25) is 5.02 Å². The number of hydrogen-bond donors (Lipinski definition) is 3. The maximum Gasteiger partial charge on any atom is 0.251 e. The van der Waals surface area contributed by atoms with Crippen LogP contribution < -0.4 is 14.8 Å². The average Bonchev–Trinajstić information content (AvgIpc) is 2.58. The molecule has 0 spiro atoms. The van der Waals surface area contributed by atoms with E-state index in [-0.39, 0.29) is 27.8 Å². The fourth-order valence-electron chi connectivity index (χ4n) is 2.43. The van der Waals surface area contributed by atoms with Gasteiger partial charge in [0.25, 0.3) is 5.91 Å². The van der Waals surface area contributed by atoms with Crippen LogP contribution >= 0.6 is 11.6 Å². The van der Waals surface area contributed by atoms with Gasteiger partial charge >= 0.3 is 0 Å². The number of hydrogen-bond acceptors (Lipinski definition) is 5. The van der Waals surface area contributed by atoms with Crippen LogP contribution in [0.4, 0.5) is 0 Å². The van der Waals surface area contributed by atoms with Crippen LogP contribution in [0, 0.1) is 0 Å². The summed E-state index contributed by atoms with van der Waals surface area (Å²) in [5.41, 5.74) is 0.168. The Balaban J connectivity index is 2.21. The molecule has 0 saturated heterocycles. The van der Waals surface area contributed by atoms with Gasteiger partial charge in [-0.1, -0.05) is 17.7 Å². The second-order valence-corrected chi connectivity index (χ2v) is 9.25. The molecule has 3 N–H and O–H groups in total. The van der Waals surface area contributed by atoms with E-state index in [1.54, 1.807) is 32.9 Å². The predicted octanol–water partition coefficient (Wildman–Crippen LogP) is 3.06. The minimum Gasteiger partial charge on any atom is -0.504 e. The van der Waals surface area contributed by atoms with Crippen molar-refractivity contribution >= 4 is 27.5 Å². The predicted molar refractivity (Wildman–Crippen MR) is 107 cm³/mol. The third-order valence-corrected chi connectivity index (χ3v) is 5.86. The number of aromatic hydroxyl groups is 1. The zero-order valence-electron chi connectivity index (χ0n) is 16.0. The maximum absolute atomic E-state index is 12.6. The Morgan fingerprint density at radius 3 is 2.46 bits per heavy atom. The quantitative estimate of drug-likeness (QED) is 0.658. The number of carbonyl (C=O) groups excluding carboxylic acids is 1. The molecule has 1 amide bonds. The van der Waals surface area contributed by atoms with Crippen molar-refractivity contribution in [3.8, 4) is 11.5 Å². The molecule has 0 heterocycles. The Labute approximate surface area is 169 Å². The fourth-order valence-corrected chi connectivity index (χ4v) is 4.37. The van der Waals surface area contributed by atoms with Crippen LogP contribution in [0.3, 0.4) is 0 Å². The molecule has 0 aromatic heterocycles. The van der Waals surface area contributed by atoms with Crippen molar-refractivity contribution in [2.24, 2.45) is 0 Å². The van der Waals surface area contributed by atoms with E-state index in [4.69, 9.17) is 16.3 Å². The van der Waals surface area contributed by atoms with Gasteiger partial charge < -0.3 is 15.2 Å². The summed E-state index contributed by atoms with van der Waals surface area (Å²) in [6, 6.07) is 8.76. The third kappa shape index (κ3) is 5.60. The normalized spacial score (nSPS) is 11.9. The highest BCUT2D eigenvalue weighted by Crippen LogP contribution is 2.26. The Hall–Kier alpha value is -2.29. The van der Waals surface area contributed by atoms with Crippen molar-refractivity contribution in [2.75, 3.05) is 7.11 Å². The van der Waals surface area contributed by atoms with E-state index < -0.39 is 21.5 Å². The summed E-state index contributed by atoms with van der Waals surface area (Å²) in [4.78, 5) is 12.3. The first kappa shape index (κ1) is 22.0. The van der Waals surface area contributed by atoms with Gasteiger partial charge in [0.2, 0.25) is 10.0 Å². The van der Waals surface area contributed by atoms with Crippen molar-refractivity contribution < 1.29 is 23.1 Å². The number of amides is 1. The minimum absolute atomic E-state index is 0.00326. The molecule has 0 fully saturated rings. The maximum atomic E-state index is 12.6. The zero-order valence-corrected chi connectivity index (χ0v) is 17.6. The molecule has 0 atom stereocenters. The second kappa shape index (κ2) is 8.38. The van der Waals surface area contributed by atoms with Crippen molar-refractivity contribution in [1.82, 2.24) is 10.0 Å². The molecule has 0 aliphatic rings. The monoisotopic (exact) mass is 426 g/mol. The second-order valence-electron chi connectivity index (χ2n) is 7.19. The number of ether oxygens (including phenoxy) is 1. The number of rotatable bonds is 6. The van der Waals surface area contributed by atoms with E-state index in [1.807, 2.05) is 0 Å². The summed E-state index contributed by atoms with van der Waals surface area (Å²) < 4.78 is 32.7. The molecule has 0 radical (unpaired) electrons. The van der Waals surface area contributed by atoms with Gasteiger partial charge in [0.1, 0.15) is 4.90 Å². The Morgan fingerprint density at radius 1 is 1.18 bits per heavy atom. The van der Waals surface area contributed by atoms with Crippen molar-refractivity contribution in [1.29, 1.82) is 0 Å². The van der Waals surface area contributed by atoms with E-state index in [9.17, 15) is 18.3 Å². The molecule has 0 aliphatic heterocycles. The molecule has 9 heteroatoms. The van der Waals surface area contributed by atoms with Crippen molar-refractivity contribution in [3.05, 3.63) is 52.5 Å². The van der Waals surface area contributed by atoms with Gasteiger partial charge in [-0.15, -0.1) is 0 Å². The van der Waals surface area contributed by atoms with Gasteiger partial charge in [-0.25, -0.2) is 13.1 Å². The van der Waals surface area contributed by atoms with Crippen LogP contribution in [0.15, 0.2) is 41.3 Å². The number of nitrogens with one attached hydrogen (secondary N) is 2. The molecule has 2 rings (SSSR count). The molecule has 7 nitrogen and oxygen atoms in total. The van der Waals surface area contributed by atoms with Crippen LogP contribution in [0.5, 0.6) is 11.5 Å². The molecule has 0 unspecified atom stereocenters.